The van der Waals surface area contributed by atoms with E-state index in [1.165, 1.54) is 0 Å². The molecule has 25 heavy (non-hydrogen) atoms. The first-order valence-electron chi connectivity index (χ1n) is 8.69. The first-order valence-corrected chi connectivity index (χ1v) is 8.69. The van der Waals surface area contributed by atoms with Crippen LogP contribution in [0.4, 0.5) is 10.6 Å². The van der Waals surface area contributed by atoms with E-state index in [0.717, 1.165) is 36.5 Å². The molecular weight excluding hydrogens is 316 g/mol. The van der Waals surface area contributed by atoms with E-state index in [4.69, 9.17) is 0 Å². The molecule has 4 rings (SSSR count). The number of benzene rings is 1. The molecule has 2 aromatic rings. The molecule has 1 aliphatic carbocycles. The van der Waals surface area contributed by atoms with Crippen LogP contribution in [0.5, 0.6) is 0 Å². The average Bonchev–Trinajstić information content (AvgIpc) is 3.21. The number of aliphatic hydroxyl groups is 1. The third-order valence-corrected chi connectivity index (χ3v) is 4.99. The minimum Gasteiger partial charge on any atom is -0.390 e. The van der Waals surface area contributed by atoms with E-state index >= 15 is 0 Å². The smallest absolute Gasteiger partial charge is 0.315 e. The molecule has 1 aromatic heterocycles. The lowest BCUT2D eigenvalue weighted by atomic mass is 10.1. The largest absolute Gasteiger partial charge is 0.390 e. The van der Waals surface area contributed by atoms with Crippen LogP contribution in [0, 0.1) is 0 Å². The van der Waals surface area contributed by atoms with Crippen molar-refractivity contribution in [1.29, 1.82) is 0 Å². The number of carbonyl (C=O) groups excluding carboxylic acids is 1. The van der Waals surface area contributed by atoms with Gasteiger partial charge in [-0.25, -0.2) is 9.78 Å². The number of rotatable bonds is 3. The van der Waals surface area contributed by atoms with E-state index < -0.39 is 6.10 Å². The second-order valence-electron chi connectivity index (χ2n) is 6.69. The predicted molar refractivity (Wildman–Crippen MR) is 95.4 cm³/mol. The van der Waals surface area contributed by atoms with Crippen LogP contribution in [0.3, 0.4) is 0 Å². The third kappa shape index (κ3) is 3.30. The lowest BCUT2D eigenvalue weighted by Gasteiger charge is -2.21. The summed E-state index contributed by atoms with van der Waals surface area (Å²) in [5.41, 5.74) is 2.11. The highest BCUT2D eigenvalue weighted by Crippen LogP contribution is 2.31. The standard InChI is InChI=1S/C19H22N4O2/c24-16-11-13-5-1-2-6-15(13)18(16)22-19(25)21-14-8-10-23(12-14)17-7-3-4-9-20-17/h1-7,9,14,16,18,24H,8,10-12H2,(H2,21,22,25)/t14?,16-,18+/m1/s1. The van der Waals surface area contributed by atoms with Crippen molar-refractivity contribution in [2.45, 2.75) is 31.0 Å². The first-order chi connectivity index (χ1) is 12.2. The Morgan fingerprint density at radius 3 is 2.84 bits per heavy atom. The van der Waals surface area contributed by atoms with Crippen LogP contribution >= 0.6 is 0 Å². The van der Waals surface area contributed by atoms with Gasteiger partial charge in [-0.2, -0.15) is 0 Å². The molecule has 1 fully saturated rings. The first kappa shape index (κ1) is 15.9. The van der Waals surface area contributed by atoms with Crippen LogP contribution in [-0.2, 0) is 6.42 Å². The zero-order chi connectivity index (χ0) is 17.2. The van der Waals surface area contributed by atoms with E-state index in [0.29, 0.717) is 6.42 Å². The van der Waals surface area contributed by atoms with Gasteiger partial charge in [-0.05, 0) is 29.7 Å². The molecule has 6 heteroatoms. The Hall–Kier alpha value is -2.60. The number of carbonyl (C=O) groups is 1. The highest BCUT2D eigenvalue weighted by atomic mass is 16.3. The summed E-state index contributed by atoms with van der Waals surface area (Å²) >= 11 is 0. The quantitative estimate of drug-likeness (QED) is 0.795. The highest BCUT2D eigenvalue weighted by Gasteiger charge is 2.33. The third-order valence-electron chi connectivity index (χ3n) is 4.99. The normalized spacial score (nSPS) is 24.8. The molecule has 1 unspecified atom stereocenters. The van der Waals surface area contributed by atoms with Gasteiger partial charge in [-0.15, -0.1) is 0 Å². The number of aromatic nitrogens is 1. The number of amides is 2. The zero-order valence-corrected chi connectivity index (χ0v) is 13.9. The van der Waals surface area contributed by atoms with Gasteiger partial charge < -0.3 is 20.6 Å². The molecule has 3 atom stereocenters. The Balaban J connectivity index is 1.34. The molecule has 3 N–H and O–H groups in total. The van der Waals surface area contributed by atoms with Crippen molar-refractivity contribution in [2.75, 3.05) is 18.0 Å². The van der Waals surface area contributed by atoms with Gasteiger partial charge in [0.15, 0.2) is 0 Å². The topological polar surface area (TPSA) is 77.5 Å². The van der Waals surface area contributed by atoms with E-state index in [9.17, 15) is 9.90 Å². The molecule has 1 aromatic carbocycles. The number of anilines is 1. The number of aliphatic hydroxyl groups excluding tert-OH is 1. The Bertz CT molecular complexity index is 752. The van der Waals surface area contributed by atoms with Crippen LogP contribution in [-0.4, -0.2) is 41.4 Å². The maximum absolute atomic E-state index is 12.4. The fraction of sp³-hybridized carbons (Fsp3) is 0.368. The molecule has 2 heterocycles. The number of urea groups is 1. The minimum absolute atomic E-state index is 0.0794. The van der Waals surface area contributed by atoms with Gasteiger partial charge in [0.25, 0.3) is 0 Å². The fourth-order valence-corrected chi connectivity index (χ4v) is 3.74. The van der Waals surface area contributed by atoms with Crippen LogP contribution < -0.4 is 15.5 Å². The molecule has 1 aliphatic heterocycles. The number of fused-ring (bicyclic) bond motifs is 1. The Kier molecular flexibility index (Phi) is 4.28. The Morgan fingerprint density at radius 1 is 1.16 bits per heavy atom. The summed E-state index contributed by atoms with van der Waals surface area (Å²) in [6.07, 6.45) is 2.67. The summed E-state index contributed by atoms with van der Waals surface area (Å²) in [5, 5.41) is 16.2. The number of hydrogen-bond acceptors (Lipinski definition) is 4. The van der Waals surface area contributed by atoms with E-state index in [1.807, 2.05) is 42.5 Å². The van der Waals surface area contributed by atoms with Crippen LogP contribution in [0.2, 0.25) is 0 Å². The van der Waals surface area contributed by atoms with Crippen molar-refractivity contribution < 1.29 is 9.90 Å². The second kappa shape index (κ2) is 6.72. The van der Waals surface area contributed by atoms with Crippen LogP contribution in [0.15, 0.2) is 48.7 Å². The summed E-state index contributed by atoms with van der Waals surface area (Å²) in [6.45, 7) is 1.62. The molecule has 2 aliphatic rings. The monoisotopic (exact) mass is 338 g/mol. The maximum atomic E-state index is 12.4. The zero-order valence-electron chi connectivity index (χ0n) is 13.9. The summed E-state index contributed by atoms with van der Waals surface area (Å²) in [4.78, 5) is 18.9. The van der Waals surface area contributed by atoms with Crippen LogP contribution in [0.1, 0.15) is 23.6 Å². The summed E-state index contributed by atoms with van der Waals surface area (Å²) in [7, 11) is 0. The molecule has 0 radical (unpaired) electrons. The summed E-state index contributed by atoms with van der Waals surface area (Å²) in [5.74, 6) is 0.937. The molecular formula is C19H22N4O2. The van der Waals surface area contributed by atoms with Gasteiger partial charge in [-0.3, -0.25) is 0 Å². The Morgan fingerprint density at radius 2 is 2.00 bits per heavy atom. The number of pyridine rings is 1. The molecule has 2 amide bonds. The molecule has 130 valence electrons. The van der Waals surface area contributed by atoms with E-state index in [2.05, 4.69) is 20.5 Å². The molecule has 0 spiro atoms. The van der Waals surface area contributed by atoms with E-state index in [-0.39, 0.29) is 18.1 Å². The van der Waals surface area contributed by atoms with Gasteiger partial charge >= 0.3 is 6.03 Å². The number of hydrogen-bond donors (Lipinski definition) is 3. The molecule has 0 bridgehead atoms. The van der Waals surface area contributed by atoms with Crippen molar-refractivity contribution in [3.8, 4) is 0 Å². The average molecular weight is 338 g/mol. The minimum atomic E-state index is -0.572. The fourth-order valence-electron chi connectivity index (χ4n) is 3.74. The lowest BCUT2D eigenvalue weighted by Crippen LogP contribution is -2.46. The summed E-state index contributed by atoms with van der Waals surface area (Å²) in [6, 6.07) is 13.2. The van der Waals surface area contributed by atoms with Gasteiger partial charge in [0.2, 0.25) is 0 Å². The van der Waals surface area contributed by atoms with E-state index in [1.54, 1.807) is 6.20 Å². The predicted octanol–water partition coefficient (Wildman–Crippen LogP) is 1.62. The van der Waals surface area contributed by atoms with Crippen LogP contribution in [0.25, 0.3) is 0 Å². The van der Waals surface area contributed by atoms with Crippen molar-refractivity contribution in [2.24, 2.45) is 0 Å². The van der Waals surface area contributed by atoms with Gasteiger partial charge in [0.05, 0.1) is 12.1 Å². The van der Waals surface area contributed by atoms with Crippen molar-refractivity contribution in [1.82, 2.24) is 15.6 Å². The molecule has 0 saturated carbocycles. The Labute approximate surface area is 146 Å². The molecule has 6 nitrogen and oxygen atoms in total. The van der Waals surface area contributed by atoms with Crippen molar-refractivity contribution in [3.63, 3.8) is 0 Å². The van der Waals surface area contributed by atoms with Crippen molar-refractivity contribution >= 4 is 11.8 Å². The summed E-state index contributed by atoms with van der Waals surface area (Å²) < 4.78 is 0. The lowest BCUT2D eigenvalue weighted by molar-refractivity contribution is 0.142. The van der Waals surface area contributed by atoms with Crippen molar-refractivity contribution in [3.05, 3.63) is 59.8 Å². The van der Waals surface area contributed by atoms with Gasteiger partial charge in [0, 0.05) is 31.7 Å². The SMILES string of the molecule is O=C(NC1CCN(c2ccccn2)C1)N[C@H]1c2ccccc2C[C@H]1O. The highest BCUT2D eigenvalue weighted by molar-refractivity contribution is 5.75. The maximum Gasteiger partial charge on any atom is 0.315 e. The molecule has 1 saturated heterocycles. The van der Waals surface area contributed by atoms with Gasteiger partial charge in [0.1, 0.15) is 5.82 Å². The second-order valence-corrected chi connectivity index (χ2v) is 6.69. The van der Waals surface area contributed by atoms with Gasteiger partial charge in [-0.1, -0.05) is 30.3 Å². The number of nitrogens with zero attached hydrogens (tertiary/aromatic N) is 2. The number of nitrogens with one attached hydrogen (secondary N) is 2.